The van der Waals surface area contributed by atoms with Gasteiger partial charge in [0.15, 0.2) is 0 Å². The van der Waals surface area contributed by atoms with E-state index in [9.17, 15) is 8.42 Å². The summed E-state index contributed by atoms with van der Waals surface area (Å²) in [6, 6.07) is 4.58. The Kier molecular flexibility index (Phi) is 3.87. The molecule has 0 unspecified atom stereocenters. The fourth-order valence-corrected chi connectivity index (χ4v) is 2.62. The first-order valence-corrected chi connectivity index (χ1v) is 7.26. The molecule has 0 aliphatic carbocycles. The molecule has 110 valence electrons. The van der Waals surface area contributed by atoms with E-state index in [4.69, 9.17) is 21.0 Å². The van der Waals surface area contributed by atoms with Crippen LogP contribution in [0.15, 0.2) is 35.5 Å². The predicted octanol–water partition coefficient (Wildman–Crippen LogP) is 0.0837. The molecule has 2 rings (SSSR count). The van der Waals surface area contributed by atoms with Crippen LogP contribution in [0.4, 0.5) is 0 Å². The van der Waals surface area contributed by atoms with Crippen LogP contribution in [0.5, 0.6) is 6.01 Å². The molecule has 9 heteroatoms. The number of primary sulfonamides is 1. The highest BCUT2D eigenvalue weighted by molar-refractivity contribution is 7.89. The van der Waals surface area contributed by atoms with Crippen molar-refractivity contribution in [1.82, 2.24) is 9.97 Å². The number of nitrogens with one attached hydrogen (secondary N) is 1. The molecule has 0 aliphatic rings. The summed E-state index contributed by atoms with van der Waals surface area (Å²) >= 11 is 0. The van der Waals surface area contributed by atoms with Gasteiger partial charge in [-0.05, 0) is 11.6 Å². The highest BCUT2D eigenvalue weighted by Crippen LogP contribution is 2.27. The van der Waals surface area contributed by atoms with Crippen molar-refractivity contribution < 1.29 is 13.2 Å². The van der Waals surface area contributed by atoms with Gasteiger partial charge in [-0.15, -0.1) is 0 Å². The standard InChI is InChI=1S/C12H13N5O3S/c1-20-12-16-5-7(6-17-12)8-3-2-4-9(21(15,18)19)10(8)11(13)14/h2-6H,1H3,(H3,13,14)(H2,15,18,19). The van der Waals surface area contributed by atoms with Gasteiger partial charge >= 0.3 is 6.01 Å². The molecule has 5 N–H and O–H groups in total. The average Bonchev–Trinajstić information content (AvgIpc) is 2.45. The average molecular weight is 307 g/mol. The Morgan fingerprint density at radius 1 is 1.29 bits per heavy atom. The predicted molar refractivity (Wildman–Crippen MR) is 76.4 cm³/mol. The maximum absolute atomic E-state index is 11.6. The van der Waals surface area contributed by atoms with Crippen molar-refractivity contribution in [2.24, 2.45) is 10.9 Å². The summed E-state index contributed by atoms with van der Waals surface area (Å²) in [7, 11) is -2.58. The topological polar surface area (TPSA) is 145 Å². The minimum atomic E-state index is -4.01. The molecule has 1 aromatic carbocycles. The summed E-state index contributed by atoms with van der Waals surface area (Å²) in [5.41, 5.74) is 6.42. The van der Waals surface area contributed by atoms with Crippen molar-refractivity contribution in [3.05, 3.63) is 36.2 Å². The van der Waals surface area contributed by atoms with Gasteiger partial charge < -0.3 is 10.5 Å². The van der Waals surface area contributed by atoms with Gasteiger partial charge in [0, 0.05) is 23.5 Å². The van der Waals surface area contributed by atoms with Gasteiger partial charge in [-0.25, -0.2) is 23.5 Å². The van der Waals surface area contributed by atoms with Crippen LogP contribution in [0.25, 0.3) is 11.1 Å². The number of nitrogen functional groups attached to an aromatic ring is 1. The summed E-state index contributed by atoms with van der Waals surface area (Å²) in [4.78, 5) is 7.66. The Morgan fingerprint density at radius 2 is 1.90 bits per heavy atom. The molecule has 0 aliphatic heterocycles. The van der Waals surface area contributed by atoms with Gasteiger partial charge in [-0.1, -0.05) is 12.1 Å². The molecule has 0 bridgehead atoms. The number of hydrogen-bond donors (Lipinski definition) is 3. The molecular weight excluding hydrogens is 294 g/mol. The summed E-state index contributed by atoms with van der Waals surface area (Å²) in [5, 5.41) is 12.8. The van der Waals surface area contributed by atoms with E-state index in [2.05, 4.69) is 9.97 Å². The third-order valence-electron chi connectivity index (χ3n) is 2.72. The van der Waals surface area contributed by atoms with Gasteiger partial charge in [0.25, 0.3) is 0 Å². The maximum Gasteiger partial charge on any atom is 0.316 e. The van der Waals surface area contributed by atoms with Crippen molar-refractivity contribution in [2.45, 2.75) is 4.90 Å². The lowest BCUT2D eigenvalue weighted by Gasteiger charge is -2.12. The number of hydrogen-bond acceptors (Lipinski definition) is 6. The highest BCUT2D eigenvalue weighted by atomic mass is 32.2. The first-order valence-electron chi connectivity index (χ1n) is 5.71. The van der Waals surface area contributed by atoms with Crippen LogP contribution in [0.1, 0.15) is 5.56 Å². The van der Waals surface area contributed by atoms with E-state index < -0.39 is 15.9 Å². The molecule has 0 saturated carbocycles. The minimum Gasteiger partial charge on any atom is -0.467 e. The Morgan fingerprint density at radius 3 is 2.38 bits per heavy atom. The second-order valence-corrected chi connectivity index (χ2v) is 5.63. The summed E-state index contributed by atoms with van der Waals surface area (Å²) in [6.07, 6.45) is 2.89. The molecular formula is C12H13N5O3S. The summed E-state index contributed by atoms with van der Waals surface area (Å²) < 4.78 is 28.1. The number of benzene rings is 1. The number of amidine groups is 1. The van der Waals surface area contributed by atoms with Gasteiger partial charge in [0.1, 0.15) is 5.84 Å². The van der Waals surface area contributed by atoms with Gasteiger partial charge in [0.05, 0.1) is 12.0 Å². The third kappa shape index (κ3) is 2.98. The van der Waals surface area contributed by atoms with Crippen LogP contribution in [-0.2, 0) is 10.0 Å². The van der Waals surface area contributed by atoms with Gasteiger partial charge in [-0.2, -0.15) is 0 Å². The van der Waals surface area contributed by atoms with E-state index in [-0.39, 0.29) is 16.5 Å². The summed E-state index contributed by atoms with van der Waals surface area (Å²) in [6.45, 7) is 0. The van der Waals surface area contributed by atoms with E-state index in [1.165, 1.54) is 31.6 Å². The van der Waals surface area contributed by atoms with Crippen LogP contribution in [-0.4, -0.2) is 31.3 Å². The van der Waals surface area contributed by atoms with Gasteiger partial charge in [0.2, 0.25) is 10.0 Å². The zero-order valence-corrected chi connectivity index (χ0v) is 11.9. The molecule has 0 spiro atoms. The normalized spacial score (nSPS) is 11.1. The number of sulfonamides is 1. The second kappa shape index (κ2) is 5.46. The molecule has 1 heterocycles. The molecule has 8 nitrogen and oxygen atoms in total. The first-order chi connectivity index (χ1) is 9.84. The molecule has 0 fully saturated rings. The molecule has 2 aromatic rings. The van der Waals surface area contributed by atoms with Crippen LogP contribution >= 0.6 is 0 Å². The summed E-state index contributed by atoms with van der Waals surface area (Å²) in [5.74, 6) is -0.412. The molecule has 0 amide bonds. The van der Waals surface area contributed by atoms with Crippen molar-refractivity contribution in [3.8, 4) is 17.1 Å². The quantitative estimate of drug-likeness (QED) is 0.539. The van der Waals surface area contributed by atoms with E-state index in [0.29, 0.717) is 11.1 Å². The molecule has 0 saturated heterocycles. The largest absolute Gasteiger partial charge is 0.467 e. The van der Waals surface area contributed by atoms with Crippen molar-refractivity contribution in [1.29, 1.82) is 5.41 Å². The van der Waals surface area contributed by atoms with E-state index >= 15 is 0 Å². The van der Waals surface area contributed by atoms with E-state index in [1.54, 1.807) is 6.07 Å². The number of methoxy groups -OCH3 is 1. The number of ether oxygens (including phenoxy) is 1. The maximum atomic E-state index is 11.6. The lowest BCUT2D eigenvalue weighted by atomic mass is 10.0. The minimum absolute atomic E-state index is 0.0220. The fourth-order valence-electron chi connectivity index (χ4n) is 1.85. The number of nitrogens with two attached hydrogens (primary N) is 2. The van der Waals surface area contributed by atoms with Crippen LogP contribution in [0.2, 0.25) is 0 Å². The second-order valence-electron chi connectivity index (χ2n) is 4.10. The first kappa shape index (κ1) is 14.9. The van der Waals surface area contributed by atoms with Crippen molar-refractivity contribution in [3.63, 3.8) is 0 Å². The molecule has 0 atom stereocenters. The van der Waals surface area contributed by atoms with Crippen LogP contribution in [0.3, 0.4) is 0 Å². The van der Waals surface area contributed by atoms with E-state index in [0.717, 1.165) is 0 Å². The van der Waals surface area contributed by atoms with Crippen molar-refractivity contribution >= 4 is 15.9 Å². The Labute approximate surface area is 121 Å². The highest BCUT2D eigenvalue weighted by Gasteiger charge is 2.20. The van der Waals surface area contributed by atoms with E-state index in [1.807, 2.05) is 0 Å². The Bertz CT molecular complexity index is 787. The number of rotatable bonds is 4. The monoisotopic (exact) mass is 307 g/mol. The smallest absolute Gasteiger partial charge is 0.316 e. The Balaban J connectivity index is 2.71. The fraction of sp³-hybridized carbons (Fsp3) is 0.0833. The lowest BCUT2D eigenvalue weighted by Crippen LogP contribution is -2.21. The molecule has 21 heavy (non-hydrogen) atoms. The van der Waals surface area contributed by atoms with Crippen molar-refractivity contribution in [2.75, 3.05) is 7.11 Å². The SMILES string of the molecule is COc1ncc(-c2cccc(S(N)(=O)=O)c2C(=N)N)cn1. The van der Waals surface area contributed by atoms with Crippen LogP contribution in [0, 0.1) is 5.41 Å². The Hall–Kier alpha value is -2.52. The van der Waals surface area contributed by atoms with Gasteiger partial charge in [-0.3, -0.25) is 5.41 Å². The number of nitrogens with zero attached hydrogens (tertiary/aromatic N) is 2. The lowest BCUT2D eigenvalue weighted by molar-refractivity contribution is 0.380. The third-order valence-corrected chi connectivity index (χ3v) is 3.68. The molecule has 0 radical (unpaired) electrons. The zero-order chi connectivity index (χ0) is 15.6. The molecule has 1 aromatic heterocycles. The number of aromatic nitrogens is 2. The van der Waals surface area contributed by atoms with Crippen LogP contribution < -0.4 is 15.6 Å². The zero-order valence-electron chi connectivity index (χ0n) is 11.1.